The van der Waals surface area contributed by atoms with Crippen LogP contribution in [0.4, 0.5) is 5.69 Å². The minimum atomic E-state index is -0.129. The van der Waals surface area contributed by atoms with Crippen molar-refractivity contribution in [1.82, 2.24) is 4.90 Å². The molecule has 1 aromatic rings. The van der Waals surface area contributed by atoms with Gasteiger partial charge in [-0.25, -0.2) is 0 Å². The zero-order valence-electron chi connectivity index (χ0n) is 17.2. The smallest absolute Gasteiger partial charge is 0.244 e. The Morgan fingerprint density at radius 3 is 2.25 bits per heavy atom. The molecule has 0 spiro atoms. The highest BCUT2D eigenvalue weighted by molar-refractivity contribution is 5.96. The average Bonchev–Trinajstić information content (AvgIpc) is 2.62. The number of aryl methyl sites for hydroxylation is 2. The maximum atomic E-state index is 13.1. The molecule has 0 aromatic heterocycles. The lowest BCUT2D eigenvalue weighted by molar-refractivity contribution is -0.140. The highest BCUT2D eigenvalue weighted by Gasteiger charge is 2.41. The van der Waals surface area contributed by atoms with Gasteiger partial charge in [-0.2, -0.15) is 0 Å². The monoisotopic (exact) mass is 407 g/mol. The number of carbonyl (C=O) groups is 2. The third-order valence-corrected chi connectivity index (χ3v) is 6.54. The van der Waals surface area contributed by atoms with E-state index in [2.05, 4.69) is 5.32 Å². The minimum absolute atomic E-state index is 0. The van der Waals surface area contributed by atoms with Crippen LogP contribution in [0.25, 0.3) is 0 Å². The predicted octanol–water partition coefficient (Wildman–Crippen LogP) is 3.67. The van der Waals surface area contributed by atoms with Gasteiger partial charge < -0.3 is 16.0 Å². The van der Waals surface area contributed by atoms with Gasteiger partial charge in [-0.1, -0.05) is 24.6 Å². The molecule has 1 aromatic carbocycles. The molecule has 3 N–H and O–H groups in total. The molecule has 2 aliphatic rings. The van der Waals surface area contributed by atoms with Crippen LogP contribution in [0.3, 0.4) is 0 Å². The predicted molar refractivity (Wildman–Crippen MR) is 116 cm³/mol. The number of nitrogens with one attached hydrogen (secondary N) is 1. The summed E-state index contributed by atoms with van der Waals surface area (Å²) in [6, 6.07) is 6.20. The lowest BCUT2D eigenvalue weighted by Crippen LogP contribution is -2.50. The zero-order chi connectivity index (χ0) is 19.6. The fraction of sp³-hybridized carbons (Fsp3) is 0.636. The van der Waals surface area contributed by atoms with Gasteiger partial charge in [-0.05, 0) is 69.4 Å². The molecule has 156 valence electrons. The Kier molecular flexibility index (Phi) is 7.90. The molecule has 2 aliphatic carbocycles. The van der Waals surface area contributed by atoms with Gasteiger partial charge >= 0.3 is 0 Å². The second kappa shape index (κ2) is 9.75. The third-order valence-electron chi connectivity index (χ3n) is 6.54. The number of hydrogen-bond donors (Lipinski definition) is 2. The van der Waals surface area contributed by atoms with Gasteiger partial charge in [-0.15, -0.1) is 12.4 Å². The number of halogens is 1. The minimum Gasteiger partial charge on any atom is -0.333 e. The Balaban J connectivity index is 0.00000280. The highest BCUT2D eigenvalue weighted by Crippen LogP contribution is 2.42. The summed E-state index contributed by atoms with van der Waals surface area (Å²) in [5.74, 6) is 0.948. The summed E-state index contributed by atoms with van der Waals surface area (Å²) in [6.45, 7) is 6.57. The van der Waals surface area contributed by atoms with E-state index < -0.39 is 0 Å². The maximum Gasteiger partial charge on any atom is 0.244 e. The van der Waals surface area contributed by atoms with Crippen LogP contribution in [-0.2, 0) is 9.59 Å². The quantitative estimate of drug-likeness (QED) is 0.781. The van der Waals surface area contributed by atoms with Crippen LogP contribution in [0.15, 0.2) is 18.2 Å². The molecule has 2 bridgehead atoms. The van der Waals surface area contributed by atoms with Crippen LogP contribution in [0.2, 0.25) is 0 Å². The van der Waals surface area contributed by atoms with Crippen LogP contribution in [0, 0.1) is 31.6 Å². The van der Waals surface area contributed by atoms with Crippen molar-refractivity contribution in [2.75, 3.05) is 18.4 Å². The van der Waals surface area contributed by atoms with Crippen LogP contribution in [-0.4, -0.2) is 35.8 Å². The molecule has 0 aliphatic heterocycles. The summed E-state index contributed by atoms with van der Waals surface area (Å²) in [5, 5.41) is 3.00. The molecule has 5 nitrogen and oxygen atoms in total. The first-order valence-electron chi connectivity index (χ1n) is 10.3. The van der Waals surface area contributed by atoms with E-state index in [1.807, 2.05) is 39.0 Å². The molecule has 28 heavy (non-hydrogen) atoms. The second-order valence-corrected chi connectivity index (χ2v) is 8.36. The average molecular weight is 408 g/mol. The molecular weight excluding hydrogens is 374 g/mol. The van der Waals surface area contributed by atoms with Crippen molar-refractivity contribution >= 4 is 29.9 Å². The largest absolute Gasteiger partial charge is 0.333 e. The molecule has 3 rings (SSSR count). The summed E-state index contributed by atoms with van der Waals surface area (Å²) in [6.07, 6.45) is 5.28. The van der Waals surface area contributed by atoms with Gasteiger partial charge in [0.25, 0.3) is 0 Å². The number of nitrogens with zero attached hydrogens (tertiary/aromatic N) is 1. The lowest BCUT2D eigenvalue weighted by Gasteiger charge is -2.44. The summed E-state index contributed by atoms with van der Waals surface area (Å²) in [5.41, 5.74) is 9.28. The van der Waals surface area contributed by atoms with Crippen LogP contribution in [0.1, 0.15) is 50.2 Å². The zero-order valence-corrected chi connectivity index (χ0v) is 18.1. The maximum absolute atomic E-state index is 13.1. The van der Waals surface area contributed by atoms with Crippen LogP contribution in [0.5, 0.6) is 0 Å². The molecule has 0 heterocycles. The Morgan fingerprint density at radius 1 is 1.14 bits per heavy atom. The number of rotatable bonds is 5. The Hall–Kier alpha value is -1.59. The van der Waals surface area contributed by atoms with E-state index in [1.54, 1.807) is 4.90 Å². The standard InChI is InChI=1S/C22H33N3O2.ClH/c1-4-25(13-19(26)24-21-14(2)7-5-8-15(21)3)22(27)18-11-16-9-6-10-17(12-18)20(16)23;/h5,7-8,16-18,20H,4,6,9-13,23H2,1-3H3,(H,24,26);1H. The summed E-state index contributed by atoms with van der Waals surface area (Å²) < 4.78 is 0. The fourth-order valence-corrected chi connectivity index (χ4v) is 4.96. The van der Waals surface area contributed by atoms with Crippen molar-refractivity contribution in [2.45, 2.75) is 58.9 Å². The number of amides is 2. The van der Waals surface area contributed by atoms with Crippen LogP contribution < -0.4 is 11.1 Å². The van der Waals surface area contributed by atoms with E-state index in [0.29, 0.717) is 18.4 Å². The summed E-state index contributed by atoms with van der Waals surface area (Å²) >= 11 is 0. The van der Waals surface area contributed by atoms with Gasteiger partial charge in [0, 0.05) is 24.2 Å². The molecule has 0 saturated heterocycles. The lowest BCUT2D eigenvalue weighted by atomic mass is 9.65. The second-order valence-electron chi connectivity index (χ2n) is 8.36. The van der Waals surface area contributed by atoms with Crippen molar-refractivity contribution in [3.63, 3.8) is 0 Å². The number of nitrogens with two attached hydrogens (primary N) is 1. The Bertz CT molecular complexity index is 675. The number of hydrogen-bond acceptors (Lipinski definition) is 3. The van der Waals surface area contributed by atoms with Gasteiger partial charge in [-0.3, -0.25) is 9.59 Å². The van der Waals surface area contributed by atoms with Crippen LogP contribution >= 0.6 is 12.4 Å². The van der Waals surface area contributed by atoms with Crippen molar-refractivity contribution in [3.8, 4) is 0 Å². The Labute approximate surface area is 174 Å². The molecule has 2 amide bonds. The summed E-state index contributed by atoms with van der Waals surface area (Å²) in [4.78, 5) is 27.4. The van der Waals surface area contributed by atoms with Crippen molar-refractivity contribution in [1.29, 1.82) is 0 Å². The van der Waals surface area contributed by atoms with E-state index in [0.717, 1.165) is 42.5 Å². The molecule has 2 saturated carbocycles. The number of benzene rings is 1. The van der Waals surface area contributed by atoms with E-state index in [9.17, 15) is 9.59 Å². The molecule has 2 unspecified atom stereocenters. The van der Waals surface area contributed by atoms with E-state index in [1.165, 1.54) is 6.42 Å². The molecule has 2 fully saturated rings. The van der Waals surface area contributed by atoms with Crippen molar-refractivity contribution < 1.29 is 9.59 Å². The molecule has 6 heteroatoms. The number of likely N-dealkylation sites (N-methyl/N-ethyl adjacent to an activating group) is 1. The van der Waals surface area contributed by atoms with Gasteiger partial charge in [0.05, 0.1) is 6.54 Å². The van der Waals surface area contributed by atoms with Gasteiger partial charge in [0.2, 0.25) is 11.8 Å². The number of para-hydroxylation sites is 1. The van der Waals surface area contributed by atoms with E-state index in [4.69, 9.17) is 5.73 Å². The first-order chi connectivity index (χ1) is 12.9. The third kappa shape index (κ3) is 4.87. The van der Waals surface area contributed by atoms with Gasteiger partial charge in [0.15, 0.2) is 0 Å². The number of carbonyl (C=O) groups excluding carboxylic acids is 2. The highest BCUT2D eigenvalue weighted by atomic mass is 35.5. The molecule has 2 atom stereocenters. The summed E-state index contributed by atoms with van der Waals surface area (Å²) in [7, 11) is 0. The number of anilines is 1. The van der Waals surface area contributed by atoms with E-state index in [-0.39, 0.29) is 42.7 Å². The SMILES string of the molecule is CCN(CC(=O)Nc1c(C)cccc1C)C(=O)C1CC2CCCC(C1)C2N.Cl. The first-order valence-corrected chi connectivity index (χ1v) is 10.3. The molecular formula is C22H34ClN3O2. The number of fused-ring (bicyclic) bond motifs is 2. The first kappa shape index (κ1) is 22.7. The normalized spacial score (nSPS) is 26.1. The Morgan fingerprint density at radius 2 is 1.71 bits per heavy atom. The van der Waals surface area contributed by atoms with E-state index >= 15 is 0 Å². The van der Waals surface area contributed by atoms with Gasteiger partial charge in [0.1, 0.15) is 0 Å². The van der Waals surface area contributed by atoms with Crippen molar-refractivity contribution in [2.24, 2.45) is 23.5 Å². The van der Waals surface area contributed by atoms with Crippen molar-refractivity contribution in [3.05, 3.63) is 29.3 Å². The molecule has 0 radical (unpaired) electrons. The fourth-order valence-electron chi connectivity index (χ4n) is 4.96. The topological polar surface area (TPSA) is 75.4 Å².